The molecule has 0 spiro atoms. The van der Waals surface area contributed by atoms with Crippen LogP contribution in [0.1, 0.15) is 63.5 Å². The van der Waals surface area contributed by atoms with E-state index in [0.717, 1.165) is 22.3 Å². The second-order valence-electron chi connectivity index (χ2n) is 11.9. The molecule has 242 valence electrons. The molecule has 10 nitrogen and oxygen atoms in total. The summed E-state index contributed by atoms with van der Waals surface area (Å²) in [4.78, 5) is 51.3. The highest BCUT2D eigenvalue weighted by Crippen LogP contribution is 2.44. The van der Waals surface area contributed by atoms with E-state index in [1.54, 1.807) is 32.9 Å². The summed E-state index contributed by atoms with van der Waals surface area (Å²) in [5.74, 6) is -2.26. The number of alkyl carbamates (subject to hydrolysis) is 1. The normalized spacial score (nSPS) is 14.1. The molecule has 0 fully saturated rings. The molecule has 4 N–H and O–H groups in total. The van der Waals surface area contributed by atoms with Gasteiger partial charge < -0.3 is 30.5 Å². The third-order valence-electron chi connectivity index (χ3n) is 7.55. The van der Waals surface area contributed by atoms with E-state index in [9.17, 15) is 24.3 Å². The molecule has 45 heavy (non-hydrogen) atoms. The number of carbonyl (C=O) groups is 4. The van der Waals surface area contributed by atoms with Crippen LogP contribution in [0.5, 0.6) is 0 Å². The van der Waals surface area contributed by atoms with Crippen molar-refractivity contribution < 1.29 is 33.8 Å². The molecule has 2 aromatic carbocycles. The summed E-state index contributed by atoms with van der Waals surface area (Å²) in [5.41, 5.74) is 3.40. The van der Waals surface area contributed by atoms with Gasteiger partial charge in [0.2, 0.25) is 11.8 Å². The molecule has 2 aromatic rings. The molecule has 3 amide bonds. The highest BCUT2D eigenvalue weighted by atomic mass is 16.6. The van der Waals surface area contributed by atoms with E-state index in [-0.39, 0.29) is 50.9 Å². The van der Waals surface area contributed by atoms with Crippen molar-refractivity contribution in [2.75, 3.05) is 19.8 Å². The van der Waals surface area contributed by atoms with Crippen LogP contribution in [0.25, 0.3) is 11.1 Å². The number of fused-ring (bicyclic) bond motifs is 3. The quantitative estimate of drug-likeness (QED) is 0.152. The fourth-order valence-electron chi connectivity index (χ4n) is 5.23. The van der Waals surface area contributed by atoms with E-state index in [1.165, 1.54) is 0 Å². The first-order valence-electron chi connectivity index (χ1n) is 15.2. The number of hydrogen-bond donors (Lipinski definition) is 4. The van der Waals surface area contributed by atoms with Gasteiger partial charge in [-0.3, -0.25) is 9.59 Å². The van der Waals surface area contributed by atoms with Crippen molar-refractivity contribution in [2.24, 2.45) is 5.92 Å². The lowest BCUT2D eigenvalue weighted by atomic mass is 9.97. The van der Waals surface area contributed by atoms with E-state index in [1.807, 2.05) is 36.4 Å². The number of amides is 3. The molecular weight excluding hydrogens is 574 g/mol. The predicted molar refractivity (Wildman–Crippen MR) is 172 cm³/mol. The molecule has 0 saturated carbocycles. The van der Waals surface area contributed by atoms with Crippen LogP contribution in [0.3, 0.4) is 0 Å². The Morgan fingerprint density at radius 2 is 1.58 bits per heavy atom. The molecule has 0 saturated heterocycles. The van der Waals surface area contributed by atoms with Crippen molar-refractivity contribution in [1.29, 1.82) is 0 Å². The molecular formula is C35H45N3O7. The highest BCUT2D eigenvalue weighted by Gasteiger charge is 2.32. The number of aliphatic hydroxyl groups excluding tert-OH is 1. The summed E-state index contributed by atoms with van der Waals surface area (Å²) in [6.45, 7) is 12.1. The van der Waals surface area contributed by atoms with Crippen LogP contribution in [0.2, 0.25) is 0 Å². The first kappa shape index (κ1) is 35.0. The third-order valence-corrected chi connectivity index (χ3v) is 7.55. The molecule has 0 heterocycles. The first-order valence-corrected chi connectivity index (χ1v) is 15.2. The lowest BCUT2D eigenvalue weighted by Gasteiger charge is -2.29. The fourth-order valence-corrected chi connectivity index (χ4v) is 5.23. The molecule has 0 bridgehead atoms. The Morgan fingerprint density at radius 3 is 2.16 bits per heavy atom. The van der Waals surface area contributed by atoms with E-state index < -0.39 is 41.5 Å². The Labute approximate surface area is 265 Å². The van der Waals surface area contributed by atoms with Gasteiger partial charge in [0.05, 0.1) is 18.1 Å². The summed E-state index contributed by atoms with van der Waals surface area (Å²) < 4.78 is 11.2. The zero-order valence-corrected chi connectivity index (χ0v) is 26.3. The smallest absolute Gasteiger partial charge is 0.407 e. The van der Waals surface area contributed by atoms with Crippen molar-refractivity contribution in [1.82, 2.24) is 16.0 Å². The van der Waals surface area contributed by atoms with Gasteiger partial charge in [0, 0.05) is 18.4 Å². The Balaban J connectivity index is 1.56. The molecule has 10 heteroatoms. The van der Waals surface area contributed by atoms with Crippen molar-refractivity contribution in [3.05, 3.63) is 85.0 Å². The lowest BCUT2D eigenvalue weighted by molar-refractivity contribution is -0.149. The minimum Gasteiger partial charge on any atom is -0.462 e. The summed E-state index contributed by atoms with van der Waals surface area (Å²) in [5, 5.41) is 17.3. The lowest BCUT2D eigenvalue weighted by Crippen LogP contribution is -2.51. The van der Waals surface area contributed by atoms with Crippen molar-refractivity contribution in [3.8, 4) is 11.1 Å². The van der Waals surface area contributed by atoms with Crippen LogP contribution in [0.15, 0.2) is 73.8 Å². The van der Waals surface area contributed by atoms with Gasteiger partial charge in [0.1, 0.15) is 19.3 Å². The summed E-state index contributed by atoms with van der Waals surface area (Å²) in [6.07, 6.45) is 3.32. The van der Waals surface area contributed by atoms with Gasteiger partial charge in [-0.05, 0) is 62.3 Å². The first-order chi connectivity index (χ1) is 21.5. The monoisotopic (exact) mass is 619 g/mol. The molecule has 3 atom stereocenters. The largest absolute Gasteiger partial charge is 0.462 e. The van der Waals surface area contributed by atoms with E-state index in [2.05, 4.69) is 41.2 Å². The van der Waals surface area contributed by atoms with Gasteiger partial charge >= 0.3 is 12.1 Å². The maximum atomic E-state index is 13.1. The second-order valence-corrected chi connectivity index (χ2v) is 11.9. The Morgan fingerprint density at radius 1 is 0.956 bits per heavy atom. The molecule has 1 aliphatic carbocycles. The minimum absolute atomic E-state index is 0.0915. The van der Waals surface area contributed by atoms with Crippen molar-refractivity contribution in [2.45, 2.75) is 70.0 Å². The summed E-state index contributed by atoms with van der Waals surface area (Å²) in [7, 11) is 0. The topological polar surface area (TPSA) is 143 Å². The van der Waals surface area contributed by atoms with Gasteiger partial charge in [-0.15, -0.1) is 13.2 Å². The van der Waals surface area contributed by atoms with Crippen molar-refractivity contribution in [3.63, 3.8) is 0 Å². The van der Waals surface area contributed by atoms with Gasteiger partial charge in [-0.1, -0.05) is 60.7 Å². The number of hydrogen-bond acceptors (Lipinski definition) is 7. The Kier molecular flexibility index (Phi) is 12.9. The number of benzene rings is 2. The molecule has 0 radical (unpaired) electrons. The Hall–Kier alpha value is -4.44. The molecule has 0 aliphatic heterocycles. The summed E-state index contributed by atoms with van der Waals surface area (Å²) >= 11 is 0. The molecule has 0 unspecified atom stereocenters. The number of aliphatic hydroxyl groups is 1. The molecule has 3 rings (SSSR count). The van der Waals surface area contributed by atoms with Crippen LogP contribution in [0.4, 0.5) is 4.79 Å². The molecule has 1 aliphatic rings. The van der Waals surface area contributed by atoms with Crippen LogP contribution >= 0.6 is 0 Å². The van der Waals surface area contributed by atoms with Crippen LogP contribution in [-0.2, 0) is 23.9 Å². The SMILES string of the molecule is C=CCC[C@H](NC(=O)OCC1c2ccccc2-c2ccccc21)C(=O)OCC(C)(C)NC(=O)[C@@H](CC=C)CC(=O)N[C@@H](C)CO. The number of carbonyl (C=O) groups excluding carboxylic acids is 4. The van der Waals surface area contributed by atoms with Gasteiger partial charge in [-0.2, -0.15) is 0 Å². The highest BCUT2D eigenvalue weighted by molar-refractivity contribution is 5.86. The number of rotatable bonds is 17. The third kappa shape index (κ3) is 10.0. The standard InChI is InChI=1S/C35H45N3O7/c1-6-8-18-30(37-34(43)44-21-29-27-16-11-9-14-25(27)26-15-10-12-17-28(26)29)33(42)45-22-35(4,5)38-32(41)24(13-7-2)19-31(40)36-23(3)20-39/h6-7,9-12,14-17,23-24,29-30,39H,1-2,8,13,18-22H2,3-5H3,(H,36,40)(H,37,43)(H,38,41)/t23-,24-,30-/m0/s1. The van der Waals surface area contributed by atoms with Crippen LogP contribution < -0.4 is 16.0 Å². The van der Waals surface area contributed by atoms with Crippen LogP contribution in [-0.4, -0.2) is 66.4 Å². The molecule has 0 aromatic heterocycles. The Bertz CT molecular complexity index is 1330. The zero-order valence-electron chi connectivity index (χ0n) is 26.3. The van der Waals surface area contributed by atoms with Crippen molar-refractivity contribution >= 4 is 23.9 Å². The average Bonchev–Trinajstić information content (AvgIpc) is 3.33. The number of ether oxygens (including phenoxy) is 2. The van der Waals surface area contributed by atoms with E-state index in [4.69, 9.17) is 9.47 Å². The van der Waals surface area contributed by atoms with Gasteiger partial charge in [-0.25, -0.2) is 9.59 Å². The predicted octanol–water partition coefficient (Wildman–Crippen LogP) is 4.38. The zero-order chi connectivity index (χ0) is 33.0. The second kappa shape index (κ2) is 16.6. The van der Waals surface area contributed by atoms with Crippen LogP contribution in [0, 0.1) is 5.92 Å². The maximum Gasteiger partial charge on any atom is 0.407 e. The van der Waals surface area contributed by atoms with E-state index >= 15 is 0 Å². The average molecular weight is 620 g/mol. The van der Waals surface area contributed by atoms with E-state index in [0.29, 0.717) is 6.42 Å². The number of nitrogens with one attached hydrogen (secondary N) is 3. The summed E-state index contributed by atoms with van der Waals surface area (Å²) in [6, 6.07) is 14.6. The number of esters is 1. The number of allylic oxidation sites excluding steroid dienone is 2. The van der Waals surface area contributed by atoms with Gasteiger partial charge in [0.15, 0.2) is 0 Å². The van der Waals surface area contributed by atoms with Gasteiger partial charge in [0.25, 0.3) is 0 Å². The fraction of sp³-hybridized carbons (Fsp3) is 0.429. The minimum atomic E-state index is -0.990. The maximum absolute atomic E-state index is 13.1.